The van der Waals surface area contributed by atoms with Crippen molar-refractivity contribution in [3.05, 3.63) is 118 Å². The van der Waals surface area contributed by atoms with Crippen molar-refractivity contribution in [1.29, 1.82) is 0 Å². The molecule has 0 heterocycles. The van der Waals surface area contributed by atoms with Gasteiger partial charge in [-0.25, -0.2) is 0 Å². The molecule has 152 valence electrons. The molecule has 0 nitrogen and oxygen atoms in total. The molecule has 0 saturated heterocycles. The molecule has 0 aromatic heterocycles. The van der Waals surface area contributed by atoms with E-state index in [1.807, 2.05) is 12.1 Å². The SMILES string of the molecule is Cc1[c-]c(-c2ccccc2C)c(-c2ccccc2C)cc1C.Cc1[c-]cccc1C.[Mg+2]. The van der Waals surface area contributed by atoms with Gasteiger partial charge in [0.2, 0.25) is 0 Å². The van der Waals surface area contributed by atoms with Gasteiger partial charge in [0.15, 0.2) is 0 Å². The number of aryl methyl sites for hydroxylation is 6. The summed E-state index contributed by atoms with van der Waals surface area (Å²) >= 11 is 0. The smallest absolute Gasteiger partial charge is 0.180 e. The molecule has 0 atom stereocenters. The van der Waals surface area contributed by atoms with E-state index in [4.69, 9.17) is 0 Å². The molecule has 1 heteroatoms. The standard InChI is InChI=1S/C22H21.C8H9.Mg/c1-15-9-5-7-11-19(15)21-13-17(3)18(4)14-22(21)20-12-8-6-10-16(20)2;1-7-5-3-4-6-8(7)2;/h5-13H,1-4H3;3-5H,1-2H3;/q2*-1;+2. The van der Waals surface area contributed by atoms with Gasteiger partial charge in [-0.2, -0.15) is 35.4 Å². The second-order valence-corrected chi connectivity index (χ2v) is 7.97. The molecule has 0 saturated carbocycles. The quantitative estimate of drug-likeness (QED) is 0.232. The van der Waals surface area contributed by atoms with E-state index in [2.05, 4.69) is 114 Å². The van der Waals surface area contributed by atoms with Gasteiger partial charge in [0.25, 0.3) is 0 Å². The van der Waals surface area contributed by atoms with Gasteiger partial charge in [0, 0.05) is 0 Å². The fourth-order valence-electron chi connectivity index (χ4n) is 3.51. The van der Waals surface area contributed by atoms with Gasteiger partial charge in [-0.1, -0.05) is 98.5 Å². The van der Waals surface area contributed by atoms with Crippen LogP contribution in [0, 0.1) is 53.7 Å². The molecule has 0 aliphatic rings. The summed E-state index contributed by atoms with van der Waals surface area (Å²) < 4.78 is 0. The van der Waals surface area contributed by atoms with Crippen LogP contribution >= 0.6 is 0 Å². The zero-order chi connectivity index (χ0) is 21.7. The Kier molecular flexibility index (Phi) is 9.09. The Bertz CT molecular complexity index is 1060. The first-order chi connectivity index (χ1) is 14.4. The van der Waals surface area contributed by atoms with Gasteiger partial charge >= 0.3 is 23.1 Å². The van der Waals surface area contributed by atoms with Gasteiger partial charge in [0.05, 0.1) is 0 Å². The van der Waals surface area contributed by atoms with Crippen LogP contribution in [0.2, 0.25) is 0 Å². The Morgan fingerprint density at radius 3 is 1.58 bits per heavy atom. The topological polar surface area (TPSA) is 0 Å². The third-order valence-electron chi connectivity index (χ3n) is 5.72. The van der Waals surface area contributed by atoms with Gasteiger partial charge in [-0.15, -0.1) is 34.4 Å². The predicted octanol–water partition coefficient (Wildman–Crippen LogP) is 7.78. The van der Waals surface area contributed by atoms with Crippen LogP contribution in [-0.4, -0.2) is 23.1 Å². The van der Waals surface area contributed by atoms with Gasteiger partial charge in [-0.05, 0) is 13.8 Å². The summed E-state index contributed by atoms with van der Waals surface area (Å²) in [6.07, 6.45) is 0. The van der Waals surface area contributed by atoms with Crippen molar-refractivity contribution in [1.82, 2.24) is 0 Å². The van der Waals surface area contributed by atoms with Gasteiger partial charge < -0.3 is 0 Å². The van der Waals surface area contributed by atoms with E-state index in [0.29, 0.717) is 0 Å². The first-order valence-electron chi connectivity index (χ1n) is 10.5. The zero-order valence-electron chi connectivity index (χ0n) is 19.6. The molecule has 31 heavy (non-hydrogen) atoms. The summed E-state index contributed by atoms with van der Waals surface area (Å²) in [5.41, 5.74) is 12.7. The maximum absolute atomic E-state index is 3.63. The molecule has 4 aromatic carbocycles. The first kappa shape index (κ1) is 24.9. The molecular weight excluding hydrogens is 385 g/mol. The molecule has 4 rings (SSSR count). The molecule has 0 bridgehead atoms. The molecule has 0 spiro atoms. The van der Waals surface area contributed by atoms with Gasteiger partial charge in [0.1, 0.15) is 0 Å². The van der Waals surface area contributed by atoms with Crippen LogP contribution in [0.5, 0.6) is 0 Å². The Morgan fingerprint density at radius 1 is 0.516 bits per heavy atom. The number of hydrogen-bond donors (Lipinski definition) is 0. The van der Waals surface area contributed by atoms with Crippen molar-refractivity contribution in [3.63, 3.8) is 0 Å². The zero-order valence-corrected chi connectivity index (χ0v) is 21.0. The van der Waals surface area contributed by atoms with Gasteiger partial charge in [-0.3, -0.25) is 0 Å². The molecule has 0 aliphatic heterocycles. The molecule has 0 N–H and O–H groups in total. The van der Waals surface area contributed by atoms with Crippen LogP contribution < -0.4 is 0 Å². The summed E-state index contributed by atoms with van der Waals surface area (Å²) in [6.45, 7) is 12.8. The minimum atomic E-state index is 0. The third kappa shape index (κ3) is 6.09. The van der Waals surface area contributed by atoms with E-state index in [1.54, 1.807) is 0 Å². The molecule has 0 unspecified atom stereocenters. The monoisotopic (exact) mass is 414 g/mol. The van der Waals surface area contributed by atoms with E-state index >= 15 is 0 Å². The maximum atomic E-state index is 3.63. The molecule has 0 fully saturated rings. The van der Waals surface area contributed by atoms with E-state index < -0.39 is 0 Å². The summed E-state index contributed by atoms with van der Waals surface area (Å²) in [4.78, 5) is 0. The molecular formula is C30H30Mg. The molecule has 4 aromatic rings. The minimum absolute atomic E-state index is 0. The fourth-order valence-corrected chi connectivity index (χ4v) is 3.51. The van der Waals surface area contributed by atoms with E-state index in [0.717, 1.165) is 0 Å². The van der Waals surface area contributed by atoms with E-state index in [9.17, 15) is 0 Å². The Balaban J connectivity index is 0.000000322. The number of benzene rings is 4. The predicted molar refractivity (Wildman–Crippen MR) is 136 cm³/mol. The van der Waals surface area contributed by atoms with Crippen LogP contribution in [0.15, 0.2) is 72.8 Å². The van der Waals surface area contributed by atoms with E-state index in [1.165, 1.54) is 55.6 Å². The molecule has 0 amide bonds. The number of rotatable bonds is 2. The largest absolute Gasteiger partial charge is 2.00 e. The van der Waals surface area contributed by atoms with Crippen LogP contribution in [-0.2, 0) is 0 Å². The average Bonchev–Trinajstić information content (AvgIpc) is 2.73. The van der Waals surface area contributed by atoms with Crippen LogP contribution in [0.1, 0.15) is 33.4 Å². The van der Waals surface area contributed by atoms with Crippen molar-refractivity contribution >= 4 is 23.1 Å². The summed E-state index contributed by atoms with van der Waals surface area (Å²) in [7, 11) is 0. The minimum Gasteiger partial charge on any atom is -0.180 e. The van der Waals surface area contributed by atoms with Crippen molar-refractivity contribution in [3.8, 4) is 22.3 Å². The molecule has 0 aliphatic carbocycles. The summed E-state index contributed by atoms with van der Waals surface area (Å²) in [5, 5.41) is 0. The number of hydrogen-bond acceptors (Lipinski definition) is 0. The third-order valence-corrected chi connectivity index (χ3v) is 5.72. The van der Waals surface area contributed by atoms with Crippen molar-refractivity contribution in [2.75, 3.05) is 0 Å². The fraction of sp³-hybridized carbons (Fsp3) is 0.200. The first-order valence-corrected chi connectivity index (χ1v) is 10.5. The van der Waals surface area contributed by atoms with Crippen molar-refractivity contribution in [2.45, 2.75) is 41.5 Å². The van der Waals surface area contributed by atoms with Crippen molar-refractivity contribution in [2.24, 2.45) is 0 Å². The summed E-state index contributed by atoms with van der Waals surface area (Å²) in [5.74, 6) is 0. The second kappa shape index (κ2) is 11.3. The maximum Gasteiger partial charge on any atom is 2.00 e. The normalized spacial score (nSPS) is 10.0. The second-order valence-electron chi connectivity index (χ2n) is 7.97. The Labute approximate surface area is 204 Å². The van der Waals surface area contributed by atoms with Crippen LogP contribution in [0.3, 0.4) is 0 Å². The van der Waals surface area contributed by atoms with Crippen molar-refractivity contribution < 1.29 is 0 Å². The molecule has 0 radical (unpaired) electrons. The van der Waals surface area contributed by atoms with E-state index in [-0.39, 0.29) is 23.1 Å². The Morgan fingerprint density at radius 2 is 1.06 bits per heavy atom. The van der Waals surface area contributed by atoms with Crippen LogP contribution in [0.4, 0.5) is 0 Å². The summed E-state index contributed by atoms with van der Waals surface area (Å²) in [6, 6.07) is 32.2. The average molecular weight is 415 g/mol. The van der Waals surface area contributed by atoms with Crippen LogP contribution in [0.25, 0.3) is 22.3 Å². The Hall–Kier alpha value is -2.35.